The molecule has 0 spiro atoms. The summed E-state index contributed by atoms with van der Waals surface area (Å²) in [4.78, 5) is 10.6. The molecule has 312 valence electrons. The Labute approximate surface area is 335 Å². The van der Waals surface area contributed by atoms with Crippen LogP contribution in [0.5, 0.6) is 0 Å². The van der Waals surface area contributed by atoms with Crippen LogP contribution in [0, 0.1) is 0 Å². The molecule has 0 bridgehead atoms. The van der Waals surface area contributed by atoms with Crippen LogP contribution in [0.3, 0.4) is 0 Å². The summed E-state index contributed by atoms with van der Waals surface area (Å²) in [5, 5.41) is 34.8. The van der Waals surface area contributed by atoms with Crippen molar-refractivity contribution < 1.29 is 65.3 Å². The number of carboxylic acid groups (broad SMARTS) is 1. The highest BCUT2D eigenvalue weighted by atomic mass is 32.3. The highest BCUT2D eigenvalue weighted by Gasteiger charge is 2.28. The summed E-state index contributed by atoms with van der Waals surface area (Å²) in [5.74, 6) is -2.64. The summed E-state index contributed by atoms with van der Waals surface area (Å²) < 4.78 is 143. The minimum absolute atomic E-state index is 0.0288. The molecular weight excluding hydrogens is 885 g/mol. The van der Waals surface area contributed by atoms with Gasteiger partial charge in [0, 0.05) is 10.8 Å². The molecule has 0 fully saturated rings. The third kappa shape index (κ3) is 11.1. The van der Waals surface area contributed by atoms with Crippen LogP contribution in [-0.2, 0) is 54.2 Å². The molecule has 28 heteroatoms. The van der Waals surface area contributed by atoms with Crippen LogP contribution in [0.1, 0.15) is 10.4 Å². The number of rotatable bonds is 17. The van der Waals surface area contributed by atoms with Crippen LogP contribution in [-0.4, -0.2) is 74.6 Å². The van der Waals surface area contributed by atoms with Crippen molar-refractivity contribution in [3.8, 4) is 0 Å². The Balaban J connectivity index is 1.91. The molecule has 7 N–H and O–H groups in total. The van der Waals surface area contributed by atoms with E-state index < -0.39 is 118 Å². The number of nitrogens with two attached hydrogens (primary N) is 2. The van der Waals surface area contributed by atoms with Gasteiger partial charge in [0.25, 0.3) is 10.1 Å². The maximum atomic E-state index is 12.7. The van der Waals surface area contributed by atoms with Gasteiger partial charge >= 0.3 is 16.4 Å². The molecule has 0 aliphatic rings. The number of hydrogen-bond donors (Lipinski definition) is 5. The van der Waals surface area contributed by atoms with Crippen molar-refractivity contribution in [1.82, 2.24) is 0 Å². The van der Waals surface area contributed by atoms with Gasteiger partial charge in [0.2, 0.25) is 0 Å². The average molecular weight is 913 g/mol. The number of carbonyl (C=O) groups is 1. The number of azo groups is 3. The zero-order chi connectivity index (χ0) is 44.1. The van der Waals surface area contributed by atoms with Crippen molar-refractivity contribution in [3.63, 3.8) is 0 Å². The quantitative estimate of drug-likeness (QED) is 0.0498. The van der Waals surface area contributed by atoms with Gasteiger partial charge in [-0.15, -0.1) is 20.5 Å². The lowest BCUT2D eigenvalue weighted by Crippen LogP contribution is -2.15. The highest BCUT2D eigenvalue weighted by Crippen LogP contribution is 2.49. The van der Waals surface area contributed by atoms with E-state index in [2.05, 4.69) is 48.0 Å². The second-order valence-corrected chi connectivity index (χ2v) is 19.6. The fraction of sp³-hybridized carbons (Fsp3) is 0.0645. The van der Waals surface area contributed by atoms with Gasteiger partial charge in [-0.25, -0.2) is 34.2 Å². The summed E-state index contributed by atoms with van der Waals surface area (Å²) in [6.07, 6.45) is 0. The molecular formula is C31H28N8O15S5. The molecule has 0 atom stereocenters. The van der Waals surface area contributed by atoms with Gasteiger partial charge in [0.05, 0.1) is 49.8 Å². The predicted molar refractivity (Wildman–Crippen MR) is 208 cm³/mol. The Morgan fingerprint density at radius 2 is 1.07 bits per heavy atom. The van der Waals surface area contributed by atoms with E-state index in [9.17, 15) is 56.5 Å². The maximum Gasteiger partial charge on any atom is 0.397 e. The molecule has 0 radical (unpaired) electrons. The van der Waals surface area contributed by atoms with Gasteiger partial charge in [0.15, 0.2) is 29.5 Å². The zero-order valence-electron chi connectivity index (χ0n) is 29.5. The molecule has 0 heterocycles. The lowest BCUT2D eigenvalue weighted by Gasteiger charge is -2.13. The number of nitrogens with zero attached hydrogens (tertiary/aromatic N) is 6. The van der Waals surface area contributed by atoms with Crippen LogP contribution in [0.15, 0.2) is 141 Å². The maximum absolute atomic E-state index is 12.7. The lowest BCUT2D eigenvalue weighted by atomic mass is 10.1. The second kappa shape index (κ2) is 17.4. The van der Waals surface area contributed by atoms with E-state index in [1.165, 1.54) is 12.1 Å². The molecule has 0 aliphatic carbocycles. The number of anilines is 2. The topological polar surface area (TPSA) is 384 Å². The van der Waals surface area contributed by atoms with Gasteiger partial charge in [0.1, 0.15) is 33.2 Å². The first-order valence-electron chi connectivity index (χ1n) is 15.5. The van der Waals surface area contributed by atoms with E-state index >= 15 is 0 Å². The van der Waals surface area contributed by atoms with Gasteiger partial charge in [-0.2, -0.15) is 27.1 Å². The third-order valence-electron chi connectivity index (χ3n) is 7.42. The fourth-order valence-electron chi connectivity index (χ4n) is 4.53. The highest BCUT2D eigenvalue weighted by molar-refractivity contribution is 7.94. The van der Waals surface area contributed by atoms with Gasteiger partial charge in [-0.3, -0.25) is 9.11 Å². The molecule has 0 amide bonds. The van der Waals surface area contributed by atoms with E-state index in [4.69, 9.17) is 16.0 Å². The molecule has 23 nitrogen and oxygen atoms in total. The van der Waals surface area contributed by atoms with E-state index in [-0.39, 0.29) is 21.2 Å². The molecule has 4 aromatic rings. The Morgan fingerprint density at radius 1 is 0.627 bits per heavy atom. The van der Waals surface area contributed by atoms with Crippen LogP contribution < -0.4 is 11.5 Å². The molecule has 0 unspecified atom stereocenters. The average Bonchev–Trinajstić information content (AvgIpc) is 3.16. The predicted octanol–water partition coefficient (Wildman–Crippen LogP) is 5.47. The Kier molecular flexibility index (Phi) is 13.4. The van der Waals surface area contributed by atoms with E-state index in [1.54, 1.807) is 0 Å². The molecule has 0 aliphatic heterocycles. The lowest BCUT2D eigenvalue weighted by molar-refractivity contribution is 0.0698. The zero-order valence-corrected chi connectivity index (χ0v) is 33.5. The number of carboxylic acids is 1. The van der Waals surface area contributed by atoms with Crippen LogP contribution >= 0.6 is 0 Å². The van der Waals surface area contributed by atoms with Crippen molar-refractivity contribution >= 4 is 101 Å². The van der Waals surface area contributed by atoms with E-state index in [1.807, 2.05) is 0 Å². The van der Waals surface area contributed by atoms with Crippen LogP contribution in [0.4, 0.5) is 45.5 Å². The summed E-state index contributed by atoms with van der Waals surface area (Å²) in [6.45, 7) is 5.48. The summed E-state index contributed by atoms with van der Waals surface area (Å²) in [5.41, 5.74) is 7.61. The summed E-state index contributed by atoms with van der Waals surface area (Å²) in [6, 6.07) is 11.3. The Morgan fingerprint density at radius 3 is 1.53 bits per heavy atom. The largest absolute Gasteiger partial charge is 0.478 e. The van der Waals surface area contributed by atoms with Crippen molar-refractivity contribution in [2.24, 2.45) is 30.7 Å². The number of sulfone groups is 3. The molecule has 4 aromatic carbocycles. The smallest absolute Gasteiger partial charge is 0.397 e. The first-order valence-corrected chi connectivity index (χ1v) is 23.0. The molecule has 0 aromatic heterocycles. The minimum atomic E-state index is -5.21. The fourth-order valence-corrected chi connectivity index (χ4v) is 8.18. The van der Waals surface area contributed by atoms with Gasteiger partial charge in [-0.05, 0) is 66.7 Å². The van der Waals surface area contributed by atoms with Gasteiger partial charge in [-0.1, -0.05) is 13.2 Å². The SMILES string of the molecule is C=CS(=O)(=O)c1ccc(N=Nc2c(N)c(N=Nc3ccc(S(=O)(=O)CCOS(=O)(=O)O)cc3)c(N)c(N=Nc3ccc(S(=O)(=O)C=C)cc3S(=O)(=O)O)c2C(=O)O)cc1. The second-order valence-electron chi connectivity index (χ2n) is 11.2. The number of aromatic carboxylic acids is 1. The standard InChI is InChI=1S/C31H28N8O15S5/c1-3-55(42,43)20-9-5-18(6-10-20)34-37-28-25(31(40)41)29(38-36-23-14-13-22(56(44,45)4-2)17-24(23)58(48,49)50)27(33)30(26(28)32)39-35-19-7-11-21(12-8-19)57(46,47)16-15-54-59(51,52)53/h3-14,17H,1-2,15-16,32-33H2,(H,40,41)(H,48,49,50)(H,51,52,53). The number of hydrogen-bond acceptors (Lipinski definition) is 20. The molecule has 0 saturated heterocycles. The Hall–Kier alpha value is -6.14. The Bertz CT molecular complexity index is 3030. The van der Waals surface area contributed by atoms with Crippen LogP contribution in [0.2, 0.25) is 0 Å². The van der Waals surface area contributed by atoms with E-state index in [0.29, 0.717) is 16.9 Å². The first kappa shape index (κ1) is 45.6. The van der Waals surface area contributed by atoms with E-state index in [0.717, 1.165) is 48.5 Å². The van der Waals surface area contributed by atoms with Crippen molar-refractivity contribution in [1.29, 1.82) is 0 Å². The van der Waals surface area contributed by atoms with Crippen LogP contribution in [0.25, 0.3) is 0 Å². The minimum Gasteiger partial charge on any atom is -0.478 e. The monoisotopic (exact) mass is 912 g/mol. The number of benzene rings is 4. The molecule has 4 rings (SSSR count). The van der Waals surface area contributed by atoms with Crippen molar-refractivity contribution in [2.75, 3.05) is 23.8 Å². The third-order valence-corrected chi connectivity index (χ3v) is 13.2. The number of nitrogen functional groups attached to an aromatic ring is 2. The summed E-state index contributed by atoms with van der Waals surface area (Å²) in [7, 11) is -22.3. The first-order chi connectivity index (χ1) is 27.3. The van der Waals surface area contributed by atoms with Crippen molar-refractivity contribution in [3.05, 3.63) is 96.3 Å². The normalized spacial score (nSPS) is 13.0. The summed E-state index contributed by atoms with van der Waals surface area (Å²) >= 11 is 0. The molecule has 0 saturated carbocycles. The molecule has 59 heavy (non-hydrogen) atoms. The van der Waals surface area contributed by atoms with Crippen molar-refractivity contribution in [2.45, 2.75) is 19.6 Å². The van der Waals surface area contributed by atoms with Gasteiger partial charge < -0.3 is 16.6 Å².